The van der Waals surface area contributed by atoms with Gasteiger partial charge in [-0.2, -0.15) is 18.2 Å². The molecule has 2 rings (SSSR count). The highest BCUT2D eigenvalue weighted by Gasteiger charge is 2.34. The standard InChI is InChI=1S/C10H8F3N3O2/c1-6-14-8(15-18-6)5-16-4-2-3-7(9(16)17)10(11,12)13/h2-4H,5H2,1H3. The maximum atomic E-state index is 12.5. The summed E-state index contributed by atoms with van der Waals surface area (Å²) in [6.45, 7) is 1.38. The Balaban J connectivity index is 2.38. The zero-order valence-corrected chi connectivity index (χ0v) is 9.23. The van der Waals surface area contributed by atoms with Crippen LogP contribution in [0.3, 0.4) is 0 Å². The number of halogens is 3. The van der Waals surface area contributed by atoms with E-state index in [9.17, 15) is 18.0 Å². The van der Waals surface area contributed by atoms with Crippen LogP contribution in [-0.2, 0) is 12.7 Å². The average Bonchev–Trinajstić information content (AvgIpc) is 2.65. The van der Waals surface area contributed by atoms with Gasteiger partial charge in [0.15, 0.2) is 5.82 Å². The Labute approximate surface area is 98.9 Å². The second-order valence-corrected chi connectivity index (χ2v) is 3.58. The van der Waals surface area contributed by atoms with Gasteiger partial charge in [0.1, 0.15) is 5.56 Å². The molecule has 0 atom stereocenters. The molecule has 0 unspecified atom stereocenters. The molecule has 8 heteroatoms. The quantitative estimate of drug-likeness (QED) is 0.822. The molecule has 5 nitrogen and oxygen atoms in total. The second kappa shape index (κ2) is 4.28. The zero-order chi connectivity index (χ0) is 13.3. The minimum Gasteiger partial charge on any atom is -0.340 e. The van der Waals surface area contributed by atoms with Crippen molar-refractivity contribution in [2.24, 2.45) is 0 Å². The van der Waals surface area contributed by atoms with Crippen molar-refractivity contribution in [3.05, 3.63) is 46.0 Å². The Morgan fingerprint density at radius 1 is 1.44 bits per heavy atom. The minimum absolute atomic E-state index is 0.147. The van der Waals surface area contributed by atoms with Gasteiger partial charge >= 0.3 is 6.18 Å². The maximum absolute atomic E-state index is 12.5. The molecule has 0 N–H and O–H groups in total. The molecule has 0 aliphatic rings. The second-order valence-electron chi connectivity index (χ2n) is 3.58. The van der Waals surface area contributed by atoms with E-state index in [0.29, 0.717) is 0 Å². The molecule has 0 amide bonds. The highest BCUT2D eigenvalue weighted by Crippen LogP contribution is 2.25. The number of aryl methyl sites for hydroxylation is 1. The van der Waals surface area contributed by atoms with Crippen LogP contribution in [0.4, 0.5) is 13.2 Å². The summed E-state index contributed by atoms with van der Waals surface area (Å²) in [5.74, 6) is 0.430. The first kappa shape index (κ1) is 12.3. The van der Waals surface area contributed by atoms with E-state index in [1.165, 1.54) is 6.20 Å². The molecule has 96 valence electrons. The van der Waals surface area contributed by atoms with Crippen LogP contribution in [-0.4, -0.2) is 14.7 Å². The molecule has 0 radical (unpaired) electrons. The van der Waals surface area contributed by atoms with Gasteiger partial charge in [-0.25, -0.2) is 0 Å². The molecule has 0 bridgehead atoms. The van der Waals surface area contributed by atoms with Gasteiger partial charge in [0.05, 0.1) is 6.54 Å². The third kappa shape index (κ3) is 2.41. The van der Waals surface area contributed by atoms with Gasteiger partial charge in [0, 0.05) is 13.1 Å². The van der Waals surface area contributed by atoms with Crippen molar-refractivity contribution in [3.63, 3.8) is 0 Å². The van der Waals surface area contributed by atoms with Crippen LogP contribution in [0.5, 0.6) is 0 Å². The number of hydrogen-bond acceptors (Lipinski definition) is 4. The summed E-state index contributed by atoms with van der Waals surface area (Å²) in [6, 6.07) is 1.89. The number of pyridine rings is 1. The first-order valence-electron chi connectivity index (χ1n) is 4.94. The fourth-order valence-electron chi connectivity index (χ4n) is 1.43. The maximum Gasteiger partial charge on any atom is 0.421 e. The molecule has 18 heavy (non-hydrogen) atoms. The fraction of sp³-hybridized carbons (Fsp3) is 0.300. The number of alkyl halides is 3. The van der Waals surface area contributed by atoms with Crippen molar-refractivity contribution in [2.75, 3.05) is 0 Å². The first-order valence-corrected chi connectivity index (χ1v) is 4.94. The smallest absolute Gasteiger partial charge is 0.340 e. The van der Waals surface area contributed by atoms with E-state index in [-0.39, 0.29) is 18.3 Å². The summed E-state index contributed by atoms with van der Waals surface area (Å²) in [7, 11) is 0. The van der Waals surface area contributed by atoms with Crippen LogP contribution >= 0.6 is 0 Å². The molecule has 0 saturated heterocycles. The Hall–Kier alpha value is -2.12. The van der Waals surface area contributed by atoms with Crippen molar-refractivity contribution < 1.29 is 17.7 Å². The van der Waals surface area contributed by atoms with E-state index in [1.807, 2.05) is 0 Å². The zero-order valence-electron chi connectivity index (χ0n) is 9.23. The molecule has 2 heterocycles. The highest BCUT2D eigenvalue weighted by molar-refractivity contribution is 5.14. The summed E-state index contributed by atoms with van der Waals surface area (Å²) in [4.78, 5) is 15.4. The first-order chi connectivity index (χ1) is 8.38. The molecule has 0 aliphatic heterocycles. The van der Waals surface area contributed by atoms with Gasteiger partial charge in [-0.05, 0) is 12.1 Å². The Morgan fingerprint density at radius 2 is 2.17 bits per heavy atom. The molecule has 0 aliphatic carbocycles. The largest absolute Gasteiger partial charge is 0.421 e. The van der Waals surface area contributed by atoms with E-state index < -0.39 is 17.3 Å². The summed E-state index contributed by atoms with van der Waals surface area (Å²) < 4.78 is 43.1. The van der Waals surface area contributed by atoms with E-state index in [4.69, 9.17) is 0 Å². The lowest BCUT2D eigenvalue weighted by molar-refractivity contribution is -0.138. The van der Waals surface area contributed by atoms with Gasteiger partial charge in [-0.1, -0.05) is 5.16 Å². The summed E-state index contributed by atoms with van der Waals surface area (Å²) in [5.41, 5.74) is -2.35. The number of nitrogens with zero attached hydrogens (tertiary/aromatic N) is 3. The molecular formula is C10H8F3N3O2. The molecule has 0 saturated carbocycles. The fourth-order valence-corrected chi connectivity index (χ4v) is 1.43. The normalized spacial score (nSPS) is 11.8. The molecular weight excluding hydrogens is 251 g/mol. The predicted octanol–water partition coefficient (Wildman–Crippen LogP) is 1.61. The molecule has 2 aromatic heterocycles. The van der Waals surface area contributed by atoms with E-state index in [2.05, 4.69) is 14.7 Å². The van der Waals surface area contributed by atoms with Gasteiger partial charge < -0.3 is 9.09 Å². The molecule has 0 aromatic carbocycles. The summed E-state index contributed by atoms with van der Waals surface area (Å²) in [6.07, 6.45) is -3.43. The average molecular weight is 259 g/mol. The van der Waals surface area contributed by atoms with Crippen LogP contribution < -0.4 is 5.56 Å². The number of aromatic nitrogens is 3. The molecule has 0 fully saturated rings. The SMILES string of the molecule is Cc1nc(Cn2cccc(C(F)(F)F)c2=O)no1. The van der Waals surface area contributed by atoms with Crippen molar-refractivity contribution in [2.45, 2.75) is 19.6 Å². The predicted molar refractivity (Wildman–Crippen MR) is 53.8 cm³/mol. The topological polar surface area (TPSA) is 60.9 Å². The summed E-state index contributed by atoms with van der Waals surface area (Å²) in [5, 5.41) is 3.52. The lowest BCUT2D eigenvalue weighted by Crippen LogP contribution is -2.28. The van der Waals surface area contributed by atoms with Gasteiger partial charge in [0.25, 0.3) is 5.56 Å². The Morgan fingerprint density at radius 3 is 2.72 bits per heavy atom. The Kier molecular flexibility index (Phi) is 2.93. The van der Waals surface area contributed by atoms with Gasteiger partial charge in [0.2, 0.25) is 5.89 Å². The van der Waals surface area contributed by atoms with Crippen molar-refractivity contribution in [3.8, 4) is 0 Å². The van der Waals surface area contributed by atoms with Crippen LogP contribution in [0.1, 0.15) is 17.3 Å². The lowest BCUT2D eigenvalue weighted by atomic mass is 10.2. The van der Waals surface area contributed by atoms with E-state index >= 15 is 0 Å². The van der Waals surface area contributed by atoms with Crippen LogP contribution in [0.15, 0.2) is 27.6 Å². The number of rotatable bonds is 2. The monoisotopic (exact) mass is 259 g/mol. The molecule has 0 spiro atoms. The van der Waals surface area contributed by atoms with Crippen LogP contribution in [0.2, 0.25) is 0 Å². The van der Waals surface area contributed by atoms with Crippen LogP contribution in [0, 0.1) is 6.92 Å². The van der Waals surface area contributed by atoms with E-state index in [1.54, 1.807) is 6.92 Å². The van der Waals surface area contributed by atoms with Crippen molar-refractivity contribution >= 4 is 0 Å². The van der Waals surface area contributed by atoms with Crippen molar-refractivity contribution in [1.82, 2.24) is 14.7 Å². The molecule has 2 aromatic rings. The third-order valence-corrected chi connectivity index (χ3v) is 2.21. The van der Waals surface area contributed by atoms with Gasteiger partial charge in [-0.3, -0.25) is 4.79 Å². The minimum atomic E-state index is -4.67. The van der Waals surface area contributed by atoms with E-state index in [0.717, 1.165) is 16.7 Å². The van der Waals surface area contributed by atoms with Crippen molar-refractivity contribution in [1.29, 1.82) is 0 Å². The number of hydrogen-bond donors (Lipinski definition) is 0. The third-order valence-electron chi connectivity index (χ3n) is 2.21. The Bertz CT molecular complexity index is 615. The van der Waals surface area contributed by atoms with Gasteiger partial charge in [-0.15, -0.1) is 0 Å². The highest BCUT2D eigenvalue weighted by atomic mass is 19.4. The van der Waals surface area contributed by atoms with Crippen LogP contribution in [0.25, 0.3) is 0 Å². The summed E-state index contributed by atoms with van der Waals surface area (Å²) >= 11 is 0. The lowest BCUT2D eigenvalue weighted by Gasteiger charge is -2.08.